The van der Waals surface area contributed by atoms with Crippen molar-refractivity contribution in [1.82, 2.24) is 0 Å². The smallest absolute Gasteiger partial charge is 0.394 e. The first kappa shape index (κ1) is 9.79. The lowest BCUT2D eigenvalue weighted by Gasteiger charge is -2.08. The van der Waals surface area contributed by atoms with Gasteiger partial charge in [0.15, 0.2) is 0 Å². The van der Waals surface area contributed by atoms with Crippen LogP contribution in [-0.4, -0.2) is 37.3 Å². The lowest BCUT2D eigenvalue weighted by molar-refractivity contribution is 0.114. The van der Waals surface area contributed by atoms with Gasteiger partial charge >= 0.3 is 10.4 Å². The van der Waals surface area contributed by atoms with E-state index in [9.17, 15) is 8.42 Å². The lowest BCUT2D eigenvalue weighted by Crippen LogP contribution is -2.29. The van der Waals surface area contributed by atoms with Gasteiger partial charge in [-0.25, -0.2) is 4.18 Å². The van der Waals surface area contributed by atoms with Crippen molar-refractivity contribution in [2.75, 3.05) is 13.2 Å². The van der Waals surface area contributed by atoms with Gasteiger partial charge in [-0.15, -0.1) is 0 Å². The Balaban J connectivity index is 3.87. The molecular weight excluding hydrogens is 162 g/mol. The molecule has 1 unspecified atom stereocenters. The van der Waals surface area contributed by atoms with Gasteiger partial charge in [0.1, 0.15) is 6.10 Å². The Morgan fingerprint density at radius 3 is 2.20 bits per heavy atom. The lowest BCUT2D eigenvalue weighted by atomic mass is 10.4. The fourth-order valence-corrected chi connectivity index (χ4v) is 0.800. The quantitative estimate of drug-likeness (QED) is 0.427. The number of aliphatic hydroxyl groups excluding tert-OH is 1. The second kappa shape index (κ2) is 3.84. The number of nitrogens with two attached hydrogens (primary N) is 1. The monoisotopic (exact) mass is 171 g/mol. The van der Waals surface area contributed by atoms with Crippen LogP contribution in [-0.2, 0) is 14.6 Å². The van der Waals surface area contributed by atoms with Crippen LogP contribution in [0.4, 0.5) is 0 Å². The molecule has 0 aliphatic rings. The van der Waals surface area contributed by atoms with Crippen LogP contribution in [0.2, 0.25) is 0 Å². The van der Waals surface area contributed by atoms with Crippen molar-refractivity contribution < 1.29 is 22.3 Å². The Morgan fingerprint density at radius 1 is 1.60 bits per heavy atom. The normalized spacial score (nSPS) is 15.1. The molecule has 0 saturated carbocycles. The van der Waals surface area contributed by atoms with Crippen LogP contribution in [0.3, 0.4) is 0 Å². The first-order valence-electron chi connectivity index (χ1n) is 2.46. The van der Waals surface area contributed by atoms with E-state index in [1.807, 2.05) is 0 Å². The third kappa shape index (κ3) is 4.65. The van der Waals surface area contributed by atoms with E-state index in [4.69, 9.17) is 15.4 Å². The number of aliphatic hydroxyl groups is 1. The first-order chi connectivity index (χ1) is 4.49. The molecule has 0 aromatic carbocycles. The van der Waals surface area contributed by atoms with Crippen molar-refractivity contribution in [1.29, 1.82) is 0 Å². The summed E-state index contributed by atoms with van der Waals surface area (Å²) in [6.07, 6.45) is -1.06. The Morgan fingerprint density at radius 2 is 2.10 bits per heavy atom. The summed E-state index contributed by atoms with van der Waals surface area (Å²) in [6, 6.07) is 0. The zero-order valence-corrected chi connectivity index (χ0v) is 5.91. The van der Waals surface area contributed by atoms with Crippen LogP contribution >= 0.6 is 0 Å². The molecule has 0 fully saturated rings. The van der Waals surface area contributed by atoms with Gasteiger partial charge in [-0.1, -0.05) is 0 Å². The average molecular weight is 171 g/mol. The Hall–Kier alpha value is -0.210. The molecule has 0 bridgehead atoms. The molecule has 0 spiro atoms. The van der Waals surface area contributed by atoms with E-state index in [0.29, 0.717) is 0 Å². The number of hydrogen-bond acceptors (Lipinski definition) is 5. The summed E-state index contributed by atoms with van der Waals surface area (Å²) >= 11 is 0. The minimum absolute atomic E-state index is 0.170. The first-order valence-corrected chi connectivity index (χ1v) is 3.82. The minimum Gasteiger partial charge on any atom is -0.394 e. The standard InChI is InChI=1S/C3H9NO5S/c4-1-3(2-5)9-10(6,7)8/h3,5H,1-2,4H2,(H,6,7,8). The predicted octanol–water partition coefficient (Wildman–Crippen LogP) is -1.87. The van der Waals surface area contributed by atoms with Crippen LogP contribution < -0.4 is 5.73 Å². The van der Waals surface area contributed by atoms with E-state index >= 15 is 0 Å². The highest BCUT2D eigenvalue weighted by molar-refractivity contribution is 7.80. The Labute approximate surface area is 58.6 Å². The SMILES string of the molecule is NCC(CO)OS(=O)(=O)O. The molecule has 0 rings (SSSR count). The molecule has 7 heteroatoms. The average Bonchev–Trinajstić information content (AvgIpc) is 1.81. The molecule has 62 valence electrons. The van der Waals surface area contributed by atoms with Crippen LogP contribution in [0.5, 0.6) is 0 Å². The summed E-state index contributed by atoms with van der Waals surface area (Å²) in [4.78, 5) is 0. The van der Waals surface area contributed by atoms with E-state index in [0.717, 1.165) is 0 Å². The van der Waals surface area contributed by atoms with E-state index in [-0.39, 0.29) is 6.54 Å². The fourth-order valence-electron chi connectivity index (χ4n) is 0.316. The van der Waals surface area contributed by atoms with E-state index < -0.39 is 23.1 Å². The summed E-state index contributed by atoms with van der Waals surface area (Å²) in [6.45, 7) is -0.716. The molecule has 1 atom stereocenters. The molecule has 0 radical (unpaired) electrons. The summed E-state index contributed by atoms with van der Waals surface area (Å²) in [5, 5.41) is 8.31. The summed E-state index contributed by atoms with van der Waals surface area (Å²) in [5.41, 5.74) is 4.93. The van der Waals surface area contributed by atoms with Crippen molar-refractivity contribution in [3.8, 4) is 0 Å². The maximum Gasteiger partial charge on any atom is 0.397 e. The van der Waals surface area contributed by atoms with E-state index in [1.165, 1.54) is 0 Å². The van der Waals surface area contributed by atoms with Gasteiger partial charge in [-0.2, -0.15) is 8.42 Å². The second-order valence-electron chi connectivity index (χ2n) is 1.56. The van der Waals surface area contributed by atoms with Gasteiger partial charge < -0.3 is 10.8 Å². The third-order valence-corrected chi connectivity index (χ3v) is 1.24. The van der Waals surface area contributed by atoms with Gasteiger partial charge in [0.2, 0.25) is 0 Å². The van der Waals surface area contributed by atoms with Crippen LogP contribution in [0, 0.1) is 0 Å². The zero-order valence-electron chi connectivity index (χ0n) is 5.10. The largest absolute Gasteiger partial charge is 0.397 e. The molecule has 10 heavy (non-hydrogen) atoms. The van der Waals surface area contributed by atoms with E-state index in [2.05, 4.69) is 4.18 Å². The molecule has 0 aromatic heterocycles. The molecule has 0 saturated heterocycles. The third-order valence-electron chi connectivity index (χ3n) is 0.724. The Bertz CT molecular complexity index is 171. The van der Waals surface area contributed by atoms with Crippen molar-refractivity contribution in [2.45, 2.75) is 6.10 Å². The van der Waals surface area contributed by atoms with Gasteiger partial charge in [0, 0.05) is 6.54 Å². The predicted molar refractivity (Wildman–Crippen MR) is 32.6 cm³/mol. The van der Waals surface area contributed by atoms with Gasteiger partial charge in [-0.3, -0.25) is 4.55 Å². The van der Waals surface area contributed by atoms with Crippen molar-refractivity contribution in [3.05, 3.63) is 0 Å². The highest BCUT2D eigenvalue weighted by Crippen LogP contribution is 1.93. The van der Waals surface area contributed by atoms with Crippen molar-refractivity contribution in [2.24, 2.45) is 5.73 Å². The van der Waals surface area contributed by atoms with Crippen LogP contribution in [0.25, 0.3) is 0 Å². The van der Waals surface area contributed by atoms with E-state index in [1.54, 1.807) is 0 Å². The highest BCUT2D eigenvalue weighted by atomic mass is 32.3. The molecule has 0 heterocycles. The zero-order chi connectivity index (χ0) is 8.20. The maximum atomic E-state index is 9.93. The maximum absolute atomic E-state index is 9.93. The minimum atomic E-state index is -4.49. The summed E-state index contributed by atoms with van der Waals surface area (Å²) < 4.78 is 31.8. The fraction of sp³-hybridized carbons (Fsp3) is 1.00. The molecule has 0 aliphatic heterocycles. The van der Waals surface area contributed by atoms with Gasteiger partial charge in [0.05, 0.1) is 6.61 Å². The summed E-state index contributed by atoms with van der Waals surface area (Å²) in [7, 11) is -4.49. The van der Waals surface area contributed by atoms with Crippen molar-refractivity contribution in [3.63, 3.8) is 0 Å². The number of hydrogen-bond donors (Lipinski definition) is 3. The van der Waals surface area contributed by atoms with Gasteiger partial charge in [0.25, 0.3) is 0 Å². The van der Waals surface area contributed by atoms with Crippen LogP contribution in [0.1, 0.15) is 0 Å². The Kier molecular flexibility index (Phi) is 3.76. The second-order valence-corrected chi connectivity index (χ2v) is 2.61. The molecule has 6 nitrogen and oxygen atoms in total. The summed E-state index contributed by atoms with van der Waals surface area (Å²) in [5.74, 6) is 0. The number of rotatable bonds is 4. The molecule has 4 N–H and O–H groups in total. The molecule has 0 aromatic rings. The van der Waals surface area contributed by atoms with Crippen LogP contribution in [0.15, 0.2) is 0 Å². The van der Waals surface area contributed by atoms with Gasteiger partial charge in [-0.05, 0) is 0 Å². The topological polar surface area (TPSA) is 110 Å². The van der Waals surface area contributed by atoms with Crippen molar-refractivity contribution >= 4 is 10.4 Å². The molecular formula is C3H9NO5S. The molecule has 0 amide bonds. The molecule has 0 aliphatic carbocycles. The highest BCUT2D eigenvalue weighted by Gasteiger charge is 2.13.